The number of methoxy groups -OCH3 is 1. The second-order valence-corrected chi connectivity index (χ2v) is 13.6. The quantitative estimate of drug-likeness (QED) is 0.274. The Morgan fingerprint density at radius 3 is 2.36 bits per heavy atom. The lowest BCUT2D eigenvalue weighted by Gasteiger charge is -2.40. The molecular formula is C20H40O4Si. The van der Waals surface area contributed by atoms with Crippen LogP contribution < -0.4 is 0 Å². The van der Waals surface area contributed by atoms with E-state index in [0.29, 0.717) is 6.42 Å². The van der Waals surface area contributed by atoms with E-state index in [-0.39, 0.29) is 23.2 Å². The fourth-order valence-corrected chi connectivity index (χ4v) is 4.40. The van der Waals surface area contributed by atoms with Crippen molar-refractivity contribution in [3.63, 3.8) is 0 Å². The third-order valence-corrected chi connectivity index (χ3v) is 10.2. The molecule has 1 saturated heterocycles. The van der Waals surface area contributed by atoms with Crippen molar-refractivity contribution in [1.82, 2.24) is 0 Å². The summed E-state index contributed by atoms with van der Waals surface area (Å²) in [4.78, 5) is 11.1. The minimum atomic E-state index is -1.76. The molecule has 2 unspecified atom stereocenters. The molecule has 0 aromatic rings. The van der Waals surface area contributed by atoms with Crippen LogP contribution >= 0.6 is 0 Å². The topological polar surface area (TPSA) is 44.8 Å². The van der Waals surface area contributed by atoms with Crippen LogP contribution in [0.5, 0.6) is 0 Å². The number of rotatable bonds is 11. The Morgan fingerprint density at radius 1 is 1.16 bits per heavy atom. The summed E-state index contributed by atoms with van der Waals surface area (Å²) in [5.41, 5.74) is 0. The van der Waals surface area contributed by atoms with Crippen LogP contribution in [0.2, 0.25) is 18.1 Å². The molecule has 5 heteroatoms. The zero-order valence-electron chi connectivity index (χ0n) is 17.4. The Kier molecular flexibility index (Phi) is 9.68. The predicted molar refractivity (Wildman–Crippen MR) is 105 cm³/mol. The largest absolute Gasteiger partial charge is 0.469 e. The predicted octanol–water partition coefficient (Wildman–Crippen LogP) is 5.46. The molecule has 25 heavy (non-hydrogen) atoms. The van der Waals surface area contributed by atoms with Gasteiger partial charge in [-0.2, -0.15) is 0 Å². The van der Waals surface area contributed by atoms with E-state index in [1.165, 1.54) is 26.4 Å². The van der Waals surface area contributed by atoms with Crippen molar-refractivity contribution in [2.24, 2.45) is 0 Å². The first-order chi connectivity index (χ1) is 11.7. The molecule has 4 nitrogen and oxygen atoms in total. The molecule has 1 heterocycles. The smallest absolute Gasteiger partial charge is 0.305 e. The molecule has 0 spiro atoms. The summed E-state index contributed by atoms with van der Waals surface area (Å²) in [6.07, 6.45) is 10.1. The van der Waals surface area contributed by atoms with E-state index in [2.05, 4.69) is 38.6 Å². The van der Waals surface area contributed by atoms with Gasteiger partial charge in [0.1, 0.15) is 0 Å². The average Bonchev–Trinajstić information content (AvgIpc) is 3.05. The highest BCUT2D eigenvalue weighted by molar-refractivity contribution is 6.74. The second-order valence-electron chi connectivity index (χ2n) is 8.85. The molecule has 1 rings (SSSR count). The Morgan fingerprint density at radius 2 is 1.80 bits per heavy atom. The van der Waals surface area contributed by atoms with E-state index in [9.17, 15) is 4.79 Å². The summed E-state index contributed by atoms with van der Waals surface area (Å²) >= 11 is 0. The minimum absolute atomic E-state index is 0.0961. The second kappa shape index (κ2) is 10.7. The van der Waals surface area contributed by atoms with E-state index in [1.54, 1.807) is 0 Å². The summed E-state index contributed by atoms with van der Waals surface area (Å²) in [6, 6.07) is 0. The Labute approximate surface area is 156 Å². The standard InChI is InChI=1S/C20H40O4Si/c1-20(2,3)25(5,6)24-18(17-14-12-16-23-17)13-10-8-7-9-11-15-19(21)22-4/h17-18H,7-16H2,1-6H3. The van der Waals surface area contributed by atoms with Crippen LogP contribution in [-0.2, 0) is 18.7 Å². The van der Waals surface area contributed by atoms with Crippen molar-refractivity contribution < 1.29 is 18.7 Å². The third kappa shape index (κ3) is 8.22. The number of ether oxygens (including phenoxy) is 2. The first kappa shape index (κ1) is 22.6. The molecule has 1 aliphatic rings. The van der Waals surface area contributed by atoms with E-state index < -0.39 is 8.32 Å². The van der Waals surface area contributed by atoms with Gasteiger partial charge in [-0.15, -0.1) is 0 Å². The fourth-order valence-electron chi connectivity index (χ4n) is 3.02. The number of esters is 1. The van der Waals surface area contributed by atoms with Gasteiger partial charge in [-0.3, -0.25) is 4.79 Å². The van der Waals surface area contributed by atoms with E-state index in [4.69, 9.17) is 9.16 Å². The summed E-state index contributed by atoms with van der Waals surface area (Å²) in [5, 5.41) is 0.234. The highest BCUT2D eigenvalue weighted by Crippen LogP contribution is 2.39. The lowest BCUT2D eigenvalue weighted by atomic mass is 10.0. The SMILES string of the molecule is COC(=O)CCCCCCCC(O[Si](C)(C)C(C)(C)C)C1CCCO1. The molecule has 148 valence electrons. The lowest BCUT2D eigenvalue weighted by molar-refractivity contribution is -0.140. The molecule has 0 aliphatic carbocycles. The van der Waals surface area contributed by atoms with Gasteiger partial charge in [0.25, 0.3) is 0 Å². The van der Waals surface area contributed by atoms with Crippen LogP contribution in [0, 0.1) is 0 Å². The van der Waals surface area contributed by atoms with Crippen molar-refractivity contribution in [3.8, 4) is 0 Å². The number of hydrogen-bond acceptors (Lipinski definition) is 4. The van der Waals surface area contributed by atoms with Gasteiger partial charge in [0.05, 0.1) is 19.3 Å². The lowest BCUT2D eigenvalue weighted by Crippen LogP contribution is -2.47. The summed E-state index contributed by atoms with van der Waals surface area (Å²) in [7, 11) is -0.311. The Bertz CT molecular complexity index is 384. The van der Waals surface area contributed by atoms with Crippen LogP contribution in [0.1, 0.15) is 78.6 Å². The zero-order chi connectivity index (χ0) is 18.9. The number of hydrogen-bond donors (Lipinski definition) is 0. The molecule has 1 fully saturated rings. The van der Waals surface area contributed by atoms with Crippen LogP contribution in [0.15, 0.2) is 0 Å². The summed E-state index contributed by atoms with van der Waals surface area (Å²) < 4.78 is 17.3. The maximum Gasteiger partial charge on any atom is 0.305 e. The van der Waals surface area contributed by atoms with Crippen molar-refractivity contribution in [2.75, 3.05) is 13.7 Å². The molecule has 1 aliphatic heterocycles. The molecule has 0 amide bonds. The minimum Gasteiger partial charge on any atom is -0.469 e. The van der Waals surface area contributed by atoms with Crippen molar-refractivity contribution >= 4 is 14.3 Å². The maximum absolute atomic E-state index is 11.1. The van der Waals surface area contributed by atoms with Gasteiger partial charge in [0.15, 0.2) is 8.32 Å². The molecule has 0 bridgehead atoms. The highest BCUT2D eigenvalue weighted by Gasteiger charge is 2.41. The van der Waals surface area contributed by atoms with Gasteiger partial charge < -0.3 is 13.9 Å². The number of carbonyl (C=O) groups is 1. The van der Waals surface area contributed by atoms with Crippen LogP contribution in [0.3, 0.4) is 0 Å². The van der Waals surface area contributed by atoms with Gasteiger partial charge in [0, 0.05) is 13.0 Å². The molecule has 2 atom stereocenters. The number of carbonyl (C=O) groups excluding carboxylic acids is 1. The summed E-state index contributed by atoms with van der Waals surface area (Å²) in [5.74, 6) is -0.0961. The maximum atomic E-state index is 11.1. The van der Waals surface area contributed by atoms with E-state index >= 15 is 0 Å². The summed E-state index contributed by atoms with van der Waals surface area (Å²) in [6.45, 7) is 12.5. The van der Waals surface area contributed by atoms with Gasteiger partial charge >= 0.3 is 5.97 Å². The van der Waals surface area contributed by atoms with E-state index in [1.807, 2.05) is 0 Å². The van der Waals surface area contributed by atoms with Crippen molar-refractivity contribution in [2.45, 2.75) is 109 Å². The molecule has 0 radical (unpaired) electrons. The first-order valence-corrected chi connectivity index (χ1v) is 12.9. The number of unbranched alkanes of at least 4 members (excludes halogenated alkanes) is 4. The zero-order valence-corrected chi connectivity index (χ0v) is 18.4. The van der Waals surface area contributed by atoms with Crippen molar-refractivity contribution in [3.05, 3.63) is 0 Å². The fraction of sp³-hybridized carbons (Fsp3) is 0.950. The normalized spacial score (nSPS) is 19.8. The van der Waals surface area contributed by atoms with Crippen molar-refractivity contribution in [1.29, 1.82) is 0 Å². The van der Waals surface area contributed by atoms with Gasteiger partial charge in [-0.1, -0.05) is 46.5 Å². The Balaban J connectivity index is 2.36. The molecule has 0 aromatic carbocycles. The monoisotopic (exact) mass is 372 g/mol. The van der Waals surface area contributed by atoms with Gasteiger partial charge in [-0.05, 0) is 43.8 Å². The van der Waals surface area contributed by atoms with Crippen LogP contribution in [0.25, 0.3) is 0 Å². The molecule has 0 N–H and O–H groups in total. The molecule has 0 saturated carbocycles. The van der Waals surface area contributed by atoms with Gasteiger partial charge in [-0.25, -0.2) is 0 Å². The first-order valence-electron chi connectivity index (χ1n) is 10.0. The van der Waals surface area contributed by atoms with Crippen LogP contribution in [-0.4, -0.2) is 40.2 Å². The van der Waals surface area contributed by atoms with E-state index in [0.717, 1.165) is 38.7 Å². The molecular weight excluding hydrogens is 332 g/mol. The molecule has 0 aromatic heterocycles. The highest BCUT2D eigenvalue weighted by atomic mass is 28.4. The average molecular weight is 373 g/mol. The van der Waals surface area contributed by atoms with Crippen LogP contribution in [0.4, 0.5) is 0 Å². The van der Waals surface area contributed by atoms with Gasteiger partial charge in [0.2, 0.25) is 0 Å². The Hall–Kier alpha value is -0.393. The third-order valence-electron chi connectivity index (χ3n) is 5.73.